The fourth-order valence-electron chi connectivity index (χ4n) is 9.94. The van der Waals surface area contributed by atoms with E-state index in [1.165, 1.54) is 14.2 Å². The Balaban J connectivity index is 1.21. The van der Waals surface area contributed by atoms with E-state index < -0.39 is 59.7 Å². The normalized spacial score (nSPS) is 37.2. The number of nitrogens with zero attached hydrogens (tertiary/aromatic N) is 2. The second-order valence-electron chi connectivity index (χ2n) is 14.4. The van der Waals surface area contributed by atoms with Gasteiger partial charge in [0.15, 0.2) is 0 Å². The Bertz CT molecular complexity index is 1400. The van der Waals surface area contributed by atoms with E-state index in [1.54, 1.807) is 0 Å². The zero-order chi connectivity index (χ0) is 33.7. The van der Waals surface area contributed by atoms with Gasteiger partial charge in [-0.2, -0.15) is 0 Å². The molecule has 2 unspecified atom stereocenters. The molecule has 4 aliphatic heterocycles. The lowest BCUT2D eigenvalue weighted by atomic mass is 9.52. The number of esters is 4. The van der Waals surface area contributed by atoms with Crippen molar-refractivity contribution < 1.29 is 38.1 Å². The summed E-state index contributed by atoms with van der Waals surface area (Å²) in [7, 11) is 6.80. The predicted molar refractivity (Wildman–Crippen MR) is 174 cm³/mol. The van der Waals surface area contributed by atoms with Crippen molar-refractivity contribution in [1.82, 2.24) is 9.80 Å². The molecule has 256 valence electrons. The van der Waals surface area contributed by atoms with E-state index in [9.17, 15) is 19.2 Å². The summed E-state index contributed by atoms with van der Waals surface area (Å²) < 4.78 is 23.2. The summed E-state index contributed by atoms with van der Waals surface area (Å²) in [5.41, 5.74) is 1.68. The van der Waals surface area contributed by atoms with Crippen molar-refractivity contribution in [1.29, 1.82) is 0 Å². The fraction of sp³-hybridized carbons (Fsp3) is 0.579. The summed E-state index contributed by atoms with van der Waals surface area (Å²) in [6, 6.07) is 19.5. The van der Waals surface area contributed by atoms with E-state index in [4.69, 9.17) is 18.9 Å². The van der Waals surface area contributed by atoms with E-state index in [1.807, 2.05) is 74.8 Å². The quantitative estimate of drug-likeness (QED) is 0.306. The summed E-state index contributed by atoms with van der Waals surface area (Å²) in [5.74, 6) is -5.15. The minimum atomic E-state index is -0.687. The van der Waals surface area contributed by atoms with Gasteiger partial charge in [0.2, 0.25) is 0 Å². The molecular formula is C38H46N2O8. The summed E-state index contributed by atoms with van der Waals surface area (Å²) in [6.45, 7) is 0. The highest BCUT2D eigenvalue weighted by atomic mass is 16.6. The molecule has 48 heavy (non-hydrogen) atoms. The highest BCUT2D eigenvalue weighted by Crippen LogP contribution is 2.59. The molecule has 4 saturated heterocycles. The van der Waals surface area contributed by atoms with Crippen molar-refractivity contribution in [3.05, 3.63) is 71.8 Å². The Labute approximate surface area is 282 Å². The maximum absolute atomic E-state index is 14.5. The zero-order valence-electron chi connectivity index (χ0n) is 28.1. The molecule has 4 bridgehead atoms. The van der Waals surface area contributed by atoms with Gasteiger partial charge in [0.25, 0.3) is 0 Å². The lowest BCUT2D eigenvalue weighted by molar-refractivity contribution is -0.184. The van der Waals surface area contributed by atoms with Gasteiger partial charge in [0.05, 0.1) is 26.1 Å². The number of piperidine rings is 2. The van der Waals surface area contributed by atoms with Crippen LogP contribution in [0, 0.1) is 23.7 Å². The number of hydrogen-bond acceptors (Lipinski definition) is 10. The van der Waals surface area contributed by atoms with Gasteiger partial charge in [0, 0.05) is 48.8 Å². The van der Waals surface area contributed by atoms with Gasteiger partial charge in [-0.05, 0) is 50.9 Å². The Kier molecular flexibility index (Phi) is 9.06. The van der Waals surface area contributed by atoms with Crippen LogP contribution in [0.1, 0.15) is 61.5 Å². The maximum atomic E-state index is 14.5. The second-order valence-corrected chi connectivity index (χ2v) is 14.4. The molecule has 5 aliphatic rings. The van der Waals surface area contributed by atoms with E-state index in [2.05, 4.69) is 9.80 Å². The Morgan fingerprint density at radius 3 is 1.27 bits per heavy atom. The molecule has 0 aromatic heterocycles. The van der Waals surface area contributed by atoms with Crippen LogP contribution in [0.4, 0.5) is 0 Å². The number of carbonyl (C=O) groups excluding carboxylic acids is 4. The average Bonchev–Trinajstić information content (AvgIpc) is 3.45. The van der Waals surface area contributed by atoms with E-state index in [0.717, 1.165) is 36.8 Å². The highest BCUT2D eigenvalue weighted by Gasteiger charge is 2.62. The van der Waals surface area contributed by atoms with Gasteiger partial charge in [-0.3, -0.25) is 29.0 Å². The van der Waals surface area contributed by atoms with Crippen LogP contribution in [0.25, 0.3) is 0 Å². The minimum absolute atomic E-state index is 0.0551. The monoisotopic (exact) mass is 658 g/mol. The van der Waals surface area contributed by atoms with Crippen LogP contribution < -0.4 is 0 Å². The summed E-state index contributed by atoms with van der Waals surface area (Å²) in [6.07, 6.45) is 3.43. The van der Waals surface area contributed by atoms with Crippen molar-refractivity contribution in [2.45, 2.75) is 86.7 Å². The molecule has 4 heterocycles. The smallest absolute Gasteiger partial charge is 0.314 e. The molecule has 5 fully saturated rings. The molecule has 0 N–H and O–H groups in total. The van der Waals surface area contributed by atoms with Crippen LogP contribution in [0.2, 0.25) is 0 Å². The average molecular weight is 659 g/mol. The molecule has 0 amide bonds. The van der Waals surface area contributed by atoms with Crippen molar-refractivity contribution >= 4 is 23.9 Å². The van der Waals surface area contributed by atoms with Crippen molar-refractivity contribution in [2.75, 3.05) is 28.3 Å². The first kappa shape index (κ1) is 32.8. The maximum Gasteiger partial charge on any atom is 0.314 e. The number of hydrogen-bond donors (Lipinski definition) is 0. The van der Waals surface area contributed by atoms with Gasteiger partial charge in [-0.15, -0.1) is 0 Å². The Morgan fingerprint density at radius 2 is 0.917 bits per heavy atom. The first-order valence-corrected chi connectivity index (χ1v) is 17.3. The van der Waals surface area contributed by atoms with Crippen LogP contribution in [-0.2, 0) is 38.1 Å². The van der Waals surface area contributed by atoms with Gasteiger partial charge in [-0.1, -0.05) is 60.7 Å². The minimum Gasteiger partial charge on any atom is -0.469 e. The highest BCUT2D eigenvalue weighted by molar-refractivity contribution is 5.86. The number of carbonyl (C=O) groups is 4. The number of methoxy groups -OCH3 is 2. The molecule has 10 nitrogen and oxygen atoms in total. The number of benzene rings is 2. The fourth-order valence-corrected chi connectivity index (χ4v) is 9.94. The first-order valence-electron chi connectivity index (χ1n) is 17.3. The molecule has 0 radical (unpaired) electrons. The van der Waals surface area contributed by atoms with Crippen LogP contribution in [0.5, 0.6) is 0 Å². The van der Waals surface area contributed by atoms with Crippen LogP contribution in [-0.4, -0.2) is 98.4 Å². The summed E-state index contributed by atoms with van der Waals surface area (Å²) >= 11 is 0. The van der Waals surface area contributed by atoms with E-state index in [-0.39, 0.29) is 36.1 Å². The molecule has 1 aliphatic carbocycles. The molecule has 7 rings (SSSR count). The predicted octanol–water partition coefficient (Wildman–Crippen LogP) is 3.94. The third-order valence-electron chi connectivity index (χ3n) is 12.4. The molecule has 0 spiro atoms. The van der Waals surface area contributed by atoms with E-state index in [0.29, 0.717) is 12.8 Å². The van der Waals surface area contributed by atoms with Crippen LogP contribution in [0.15, 0.2) is 60.7 Å². The molecule has 2 aromatic carbocycles. The Hall–Kier alpha value is -3.76. The number of fused-ring (bicyclic) bond motifs is 4. The van der Waals surface area contributed by atoms with E-state index >= 15 is 0 Å². The zero-order valence-corrected chi connectivity index (χ0v) is 28.1. The number of ether oxygens (including phenoxy) is 4. The SMILES string of the molecule is COC(=O)[C@@H]1[C@@H](OC(=O)C2C(c3ccccc3)C(C(=O)O[C@@H]3C[C@H]4CC[C@@H]([C@@H]3C(=O)OC)N4C)C2c2ccccc2)C[C@H]2CC[C@@H]1N2C. The van der Waals surface area contributed by atoms with Gasteiger partial charge < -0.3 is 18.9 Å². The topological polar surface area (TPSA) is 112 Å². The number of rotatable bonds is 8. The lowest BCUT2D eigenvalue weighted by Crippen LogP contribution is -2.57. The molecule has 1 saturated carbocycles. The standard InChI is InChI=1S/C38H46N2O8/c1-39-23-15-17-25(39)31(35(41)45-3)27(19-23)47-37(43)33-29(21-11-7-5-8-12-21)34(30(33)22-13-9-6-10-14-22)38(44)48-28-20-24-16-18-26(40(24)2)32(28)36(42)46-4/h5-14,23-34H,15-20H2,1-4H3/t23-,24-,25+,26+,27-,28+,29?,30?,31+,32+,33?,34?/m1/s1. The molecule has 10 atom stereocenters. The molecular weight excluding hydrogens is 612 g/mol. The third-order valence-corrected chi connectivity index (χ3v) is 12.4. The largest absolute Gasteiger partial charge is 0.469 e. The summed E-state index contributed by atoms with van der Waals surface area (Å²) in [5, 5.41) is 0. The summed E-state index contributed by atoms with van der Waals surface area (Å²) in [4.78, 5) is 59.6. The molecule has 10 heteroatoms. The molecule has 2 aromatic rings. The lowest BCUT2D eigenvalue weighted by Gasteiger charge is -2.51. The van der Waals surface area contributed by atoms with Crippen molar-refractivity contribution in [3.63, 3.8) is 0 Å². The van der Waals surface area contributed by atoms with Gasteiger partial charge in [-0.25, -0.2) is 0 Å². The second kappa shape index (κ2) is 13.3. The van der Waals surface area contributed by atoms with Crippen LogP contribution >= 0.6 is 0 Å². The van der Waals surface area contributed by atoms with Gasteiger partial charge >= 0.3 is 23.9 Å². The third kappa shape index (κ3) is 5.50. The van der Waals surface area contributed by atoms with Crippen LogP contribution in [0.3, 0.4) is 0 Å². The van der Waals surface area contributed by atoms with Gasteiger partial charge in [0.1, 0.15) is 24.0 Å². The van der Waals surface area contributed by atoms with Crippen molar-refractivity contribution in [3.8, 4) is 0 Å². The Morgan fingerprint density at radius 1 is 0.542 bits per heavy atom. The van der Waals surface area contributed by atoms with Crippen molar-refractivity contribution in [2.24, 2.45) is 23.7 Å². The first-order chi connectivity index (χ1) is 23.2.